The molecule has 0 fully saturated rings. The Morgan fingerprint density at radius 2 is 1.26 bits per heavy atom. The minimum Gasteiger partial charge on any atom is -0.481 e. The first-order valence-electron chi connectivity index (χ1n) is 8.81. The number of hydrogen-bond acceptors (Lipinski definition) is 4. The Kier molecular flexibility index (Phi) is 18.9. The van der Waals surface area contributed by atoms with Crippen molar-refractivity contribution in [2.24, 2.45) is 0 Å². The third kappa shape index (κ3) is 16.0. The van der Waals surface area contributed by atoms with Gasteiger partial charge in [-0.15, -0.1) is 0 Å². The van der Waals surface area contributed by atoms with Gasteiger partial charge in [0.05, 0.1) is 52.5 Å². The molecule has 23 heavy (non-hydrogen) atoms. The molecular formula is C17H38NO5+. The Morgan fingerprint density at radius 1 is 0.783 bits per heavy atom. The van der Waals surface area contributed by atoms with Crippen LogP contribution in [0.5, 0.6) is 0 Å². The molecule has 6 heteroatoms. The zero-order valence-corrected chi connectivity index (χ0v) is 15.8. The number of quaternary nitrogens is 1. The summed E-state index contributed by atoms with van der Waals surface area (Å²) in [5.41, 5.74) is 0. The van der Waals surface area contributed by atoms with Crippen molar-refractivity contribution in [1.29, 1.82) is 0 Å². The van der Waals surface area contributed by atoms with E-state index in [-0.39, 0.29) is 13.0 Å². The van der Waals surface area contributed by atoms with Crippen LogP contribution >= 0.6 is 0 Å². The Bertz CT molecular complexity index is 249. The first kappa shape index (κ1) is 24.6. The Morgan fingerprint density at radius 3 is 1.70 bits per heavy atom. The maximum absolute atomic E-state index is 9.98. The van der Waals surface area contributed by atoms with E-state index < -0.39 is 5.97 Å². The summed E-state index contributed by atoms with van der Waals surface area (Å²) >= 11 is 0. The lowest BCUT2D eigenvalue weighted by Gasteiger charge is -2.35. The zero-order chi connectivity index (χ0) is 18.0. The van der Waals surface area contributed by atoms with E-state index in [1.54, 1.807) is 0 Å². The van der Waals surface area contributed by atoms with Gasteiger partial charge in [-0.05, 0) is 34.6 Å². The van der Waals surface area contributed by atoms with Crippen molar-refractivity contribution in [2.75, 3.05) is 65.8 Å². The van der Waals surface area contributed by atoms with E-state index in [4.69, 9.17) is 19.3 Å². The number of nitrogens with zero attached hydrogens (tertiary/aromatic N) is 1. The number of likely N-dealkylation sites (N-methyl/N-ethyl adjacent to an activating group) is 1. The van der Waals surface area contributed by atoms with E-state index in [2.05, 4.69) is 27.7 Å². The van der Waals surface area contributed by atoms with Crippen LogP contribution in [-0.4, -0.2) is 81.4 Å². The maximum Gasteiger partial charge on any atom is 0.305 e. The fourth-order valence-corrected chi connectivity index (χ4v) is 2.07. The summed E-state index contributed by atoms with van der Waals surface area (Å²) in [6, 6.07) is 0. The zero-order valence-electron chi connectivity index (χ0n) is 15.8. The van der Waals surface area contributed by atoms with Gasteiger partial charge in [-0.1, -0.05) is 0 Å². The first-order valence-corrected chi connectivity index (χ1v) is 8.81. The smallest absolute Gasteiger partial charge is 0.305 e. The van der Waals surface area contributed by atoms with Gasteiger partial charge in [-0.3, -0.25) is 4.79 Å². The quantitative estimate of drug-likeness (QED) is 0.390. The summed E-state index contributed by atoms with van der Waals surface area (Å²) in [5.74, 6) is -0.832. The maximum atomic E-state index is 9.98. The monoisotopic (exact) mass is 336 g/mol. The van der Waals surface area contributed by atoms with Crippen molar-refractivity contribution in [1.82, 2.24) is 0 Å². The van der Waals surface area contributed by atoms with Crippen molar-refractivity contribution >= 4 is 5.97 Å². The average Bonchev–Trinajstić information content (AvgIpc) is 2.56. The Hall–Kier alpha value is -0.690. The van der Waals surface area contributed by atoms with Crippen molar-refractivity contribution in [3.8, 4) is 0 Å². The molecular weight excluding hydrogens is 298 g/mol. The van der Waals surface area contributed by atoms with E-state index in [1.807, 2.05) is 6.92 Å². The van der Waals surface area contributed by atoms with Crippen molar-refractivity contribution < 1.29 is 28.6 Å². The third-order valence-electron chi connectivity index (χ3n) is 3.96. The number of ether oxygens (including phenoxy) is 3. The molecule has 0 amide bonds. The molecule has 0 aliphatic carbocycles. The summed E-state index contributed by atoms with van der Waals surface area (Å²) < 4.78 is 16.5. The third-order valence-corrected chi connectivity index (χ3v) is 3.96. The topological polar surface area (TPSA) is 65.0 Å². The highest BCUT2D eigenvalue weighted by Crippen LogP contribution is 2.04. The van der Waals surface area contributed by atoms with Crippen molar-refractivity contribution in [3.63, 3.8) is 0 Å². The van der Waals surface area contributed by atoms with E-state index in [1.165, 1.54) is 24.1 Å². The molecule has 0 aromatic heterocycles. The fraction of sp³-hybridized carbons (Fsp3) is 0.941. The first-order chi connectivity index (χ1) is 11.0. The van der Waals surface area contributed by atoms with Gasteiger partial charge in [0.15, 0.2) is 0 Å². The largest absolute Gasteiger partial charge is 0.481 e. The van der Waals surface area contributed by atoms with Gasteiger partial charge in [0, 0.05) is 13.2 Å². The lowest BCUT2D eigenvalue weighted by molar-refractivity contribution is -0.923. The highest BCUT2D eigenvalue weighted by Gasteiger charge is 2.19. The van der Waals surface area contributed by atoms with E-state index in [0.717, 1.165) is 19.8 Å². The van der Waals surface area contributed by atoms with Crippen LogP contribution in [0.2, 0.25) is 0 Å². The van der Waals surface area contributed by atoms with E-state index >= 15 is 0 Å². The van der Waals surface area contributed by atoms with Gasteiger partial charge in [0.25, 0.3) is 0 Å². The van der Waals surface area contributed by atoms with Crippen LogP contribution in [0.15, 0.2) is 0 Å². The normalized spacial score (nSPS) is 11.0. The lowest BCUT2D eigenvalue weighted by Crippen LogP contribution is -2.49. The van der Waals surface area contributed by atoms with E-state index in [9.17, 15) is 4.79 Å². The second-order valence-corrected chi connectivity index (χ2v) is 5.16. The van der Waals surface area contributed by atoms with Gasteiger partial charge in [0.1, 0.15) is 6.54 Å². The number of aliphatic carboxylic acids is 1. The molecule has 6 nitrogen and oxygen atoms in total. The van der Waals surface area contributed by atoms with Crippen LogP contribution in [0.4, 0.5) is 0 Å². The summed E-state index contributed by atoms with van der Waals surface area (Å²) in [6.45, 7) is 19.3. The predicted octanol–water partition coefficient (Wildman–Crippen LogP) is 2.41. The number of rotatable bonds is 14. The molecule has 0 aliphatic heterocycles. The highest BCUT2D eigenvalue weighted by atomic mass is 16.5. The molecule has 140 valence electrons. The molecule has 0 saturated heterocycles. The van der Waals surface area contributed by atoms with Crippen LogP contribution in [0.25, 0.3) is 0 Å². The molecule has 0 rings (SSSR count). The average molecular weight is 336 g/mol. The van der Waals surface area contributed by atoms with Gasteiger partial charge < -0.3 is 23.8 Å². The number of carbonyl (C=O) groups is 1. The highest BCUT2D eigenvalue weighted by molar-refractivity contribution is 5.66. The molecule has 0 bridgehead atoms. The number of carboxylic acids is 1. The standard InChI is InChI=1S/C10H24NO.C7H14O4/c1-5-11(6-2,7-3)9-10-12-8-4;1-2-10-5-6-11-4-3-7(8)9/h5-10H2,1-4H3;2-6H2,1H3,(H,8,9)/q+1;. The number of hydrogen-bond donors (Lipinski definition) is 1. The summed E-state index contributed by atoms with van der Waals surface area (Å²) in [6.07, 6.45) is 0.0616. The van der Waals surface area contributed by atoms with Gasteiger partial charge in [-0.25, -0.2) is 0 Å². The molecule has 0 spiro atoms. The summed E-state index contributed by atoms with van der Waals surface area (Å²) in [5, 5.41) is 8.20. The van der Waals surface area contributed by atoms with Gasteiger partial charge in [0.2, 0.25) is 0 Å². The summed E-state index contributed by atoms with van der Waals surface area (Å²) in [4.78, 5) is 9.98. The summed E-state index contributed by atoms with van der Waals surface area (Å²) in [7, 11) is 0. The molecule has 1 N–H and O–H groups in total. The second kappa shape index (κ2) is 17.7. The van der Waals surface area contributed by atoms with Gasteiger partial charge in [-0.2, -0.15) is 0 Å². The van der Waals surface area contributed by atoms with Gasteiger partial charge >= 0.3 is 5.97 Å². The Balaban J connectivity index is 0. The fourth-order valence-electron chi connectivity index (χ4n) is 2.07. The molecule has 0 aromatic carbocycles. The Labute approximate surface area is 142 Å². The molecule has 0 radical (unpaired) electrons. The van der Waals surface area contributed by atoms with Crippen LogP contribution in [-0.2, 0) is 19.0 Å². The molecule has 0 atom stereocenters. The van der Waals surface area contributed by atoms with Crippen LogP contribution in [0, 0.1) is 0 Å². The predicted molar refractivity (Wildman–Crippen MR) is 92.8 cm³/mol. The molecule has 0 aromatic rings. The second-order valence-electron chi connectivity index (χ2n) is 5.16. The lowest BCUT2D eigenvalue weighted by atomic mass is 10.3. The van der Waals surface area contributed by atoms with E-state index in [0.29, 0.717) is 19.8 Å². The molecule has 0 heterocycles. The molecule has 0 saturated carbocycles. The van der Waals surface area contributed by atoms with Crippen molar-refractivity contribution in [3.05, 3.63) is 0 Å². The van der Waals surface area contributed by atoms with Crippen LogP contribution < -0.4 is 0 Å². The minimum atomic E-state index is -0.832. The van der Waals surface area contributed by atoms with Crippen molar-refractivity contribution in [2.45, 2.75) is 41.0 Å². The number of carboxylic acid groups (broad SMARTS) is 1. The van der Waals surface area contributed by atoms with Crippen LogP contribution in [0.3, 0.4) is 0 Å². The minimum absolute atomic E-state index is 0.0616. The molecule has 0 unspecified atom stereocenters. The van der Waals surface area contributed by atoms with Crippen LogP contribution in [0.1, 0.15) is 41.0 Å². The SMILES string of the molecule is CCOCCOCCC(=O)O.CCOCC[N+](CC)(CC)CC. The molecule has 0 aliphatic rings.